The number of hydrogen-bond acceptors (Lipinski definition) is 7. The van der Waals surface area contributed by atoms with Crippen LogP contribution >= 0.6 is 0 Å². The number of carbonyl (C=O) groups excluding carboxylic acids is 1. The molecule has 2 aromatic rings. The fourth-order valence-corrected chi connectivity index (χ4v) is 3.87. The fraction of sp³-hybridized carbons (Fsp3) is 0.500. The van der Waals surface area contributed by atoms with Crippen LogP contribution in [0.5, 0.6) is 5.75 Å². The topological polar surface area (TPSA) is 79.8 Å². The summed E-state index contributed by atoms with van der Waals surface area (Å²) in [4.78, 5) is 26.0. The van der Waals surface area contributed by atoms with Crippen molar-refractivity contribution in [2.75, 3.05) is 62.8 Å². The summed E-state index contributed by atoms with van der Waals surface area (Å²) in [5.41, 5.74) is 0.720. The highest BCUT2D eigenvalue weighted by atomic mass is 16.5. The second-order valence-corrected chi connectivity index (χ2v) is 7.62. The van der Waals surface area contributed by atoms with E-state index in [0.29, 0.717) is 24.8 Å². The molecule has 1 aromatic carbocycles. The number of nitrogens with one attached hydrogen (secondary N) is 1. The monoisotopic (exact) mass is 411 g/mol. The first-order valence-electron chi connectivity index (χ1n) is 10.6. The van der Waals surface area contributed by atoms with Gasteiger partial charge < -0.3 is 19.7 Å². The Morgan fingerprint density at radius 2 is 1.93 bits per heavy atom. The van der Waals surface area contributed by atoms with E-state index >= 15 is 0 Å². The normalized spacial score (nSPS) is 20.0. The number of carbonyl (C=O) groups is 1. The van der Waals surface area contributed by atoms with E-state index < -0.39 is 0 Å². The summed E-state index contributed by atoms with van der Waals surface area (Å²) >= 11 is 0. The predicted octanol–water partition coefficient (Wildman–Crippen LogP) is 2.04. The van der Waals surface area contributed by atoms with E-state index in [1.165, 1.54) is 0 Å². The Morgan fingerprint density at radius 3 is 2.77 bits per heavy atom. The molecule has 1 aromatic heterocycles. The molecule has 1 atom stereocenters. The summed E-state index contributed by atoms with van der Waals surface area (Å²) in [6, 6.07) is 9.43. The molecule has 0 radical (unpaired) electrons. The molecule has 3 heterocycles. The van der Waals surface area contributed by atoms with E-state index in [1.807, 2.05) is 24.3 Å². The highest BCUT2D eigenvalue weighted by Gasteiger charge is 2.27. The summed E-state index contributed by atoms with van der Waals surface area (Å²) < 4.78 is 11.4. The first-order valence-corrected chi connectivity index (χ1v) is 10.6. The van der Waals surface area contributed by atoms with Crippen LogP contribution in [0.25, 0.3) is 0 Å². The van der Waals surface area contributed by atoms with Crippen LogP contribution in [0.4, 0.5) is 11.6 Å². The van der Waals surface area contributed by atoms with Gasteiger partial charge in [-0.1, -0.05) is 12.1 Å². The number of para-hydroxylation sites is 2. The summed E-state index contributed by atoms with van der Waals surface area (Å²) in [5.74, 6) is 1.30. The Labute approximate surface area is 177 Å². The Bertz CT molecular complexity index is 813. The second-order valence-electron chi connectivity index (χ2n) is 7.62. The van der Waals surface area contributed by atoms with Gasteiger partial charge in [0.05, 0.1) is 24.8 Å². The molecule has 2 aliphatic rings. The van der Waals surface area contributed by atoms with Crippen molar-refractivity contribution in [1.82, 2.24) is 14.9 Å². The van der Waals surface area contributed by atoms with Crippen molar-refractivity contribution in [1.29, 1.82) is 0 Å². The van der Waals surface area contributed by atoms with E-state index in [9.17, 15) is 4.79 Å². The van der Waals surface area contributed by atoms with E-state index in [2.05, 4.69) is 25.1 Å². The number of amides is 1. The summed E-state index contributed by atoms with van der Waals surface area (Å²) in [7, 11) is 0. The smallest absolute Gasteiger partial charge is 0.229 e. The van der Waals surface area contributed by atoms with Gasteiger partial charge in [0.25, 0.3) is 0 Å². The van der Waals surface area contributed by atoms with Crippen molar-refractivity contribution in [2.45, 2.75) is 12.8 Å². The van der Waals surface area contributed by atoms with Gasteiger partial charge in [-0.15, -0.1) is 0 Å². The number of piperidine rings is 1. The molecular weight excluding hydrogens is 382 g/mol. The molecule has 8 nitrogen and oxygen atoms in total. The van der Waals surface area contributed by atoms with E-state index in [4.69, 9.17) is 9.47 Å². The van der Waals surface area contributed by atoms with E-state index in [1.54, 1.807) is 18.5 Å². The minimum atomic E-state index is -0.107. The van der Waals surface area contributed by atoms with Crippen LogP contribution in [0, 0.1) is 5.92 Å². The Balaban J connectivity index is 1.32. The number of morpholine rings is 1. The first-order chi connectivity index (χ1) is 14.8. The van der Waals surface area contributed by atoms with Gasteiger partial charge in [0.2, 0.25) is 11.9 Å². The lowest BCUT2D eigenvalue weighted by Gasteiger charge is -2.32. The van der Waals surface area contributed by atoms with Gasteiger partial charge in [0.1, 0.15) is 12.4 Å². The van der Waals surface area contributed by atoms with Gasteiger partial charge in [-0.05, 0) is 31.0 Å². The zero-order valence-corrected chi connectivity index (χ0v) is 17.2. The van der Waals surface area contributed by atoms with Crippen LogP contribution < -0.4 is 15.0 Å². The van der Waals surface area contributed by atoms with Crippen molar-refractivity contribution >= 4 is 17.5 Å². The van der Waals surface area contributed by atoms with Crippen molar-refractivity contribution in [2.24, 2.45) is 5.92 Å². The molecule has 2 saturated heterocycles. The van der Waals surface area contributed by atoms with Crippen molar-refractivity contribution in [3.63, 3.8) is 0 Å². The van der Waals surface area contributed by atoms with Gasteiger partial charge in [0, 0.05) is 45.1 Å². The maximum Gasteiger partial charge on any atom is 0.229 e. The minimum absolute atomic E-state index is 0.0138. The molecule has 1 N–H and O–H groups in total. The largest absolute Gasteiger partial charge is 0.490 e. The minimum Gasteiger partial charge on any atom is -0.490 e. The lowest BCUT2D eigenvalue weighted by Crippen LogP contribution is -2.41. The predicted molar refractivity (Wildman–Crippen MR) is 115 cm³/mol. The van der Waals surface area contributed by atoms with Crippen LogP contribution in [0.1, 0.15) is 12.8 Å². The van der Waals surface area contributed by atoms with Crippen LogP contribution in [-0.4, -0.2) is 73.3 Å². The number of rotatable bonds is 7. The number of hydrogen-bond donors (Lipinski definition) is 1. The fourth-order valence-electron chi connectivity index (χ4n) is 3.87. The number of anilines is 2. The Hall–Kier alpha value is -2.71. The van der Waals surface area contributed by atoms with Crippen molar-refractivity contribution in [3.05, 3.63) is 42.7 Å². The number of nitrogens with zero attached hydrogens (tertiary/aromatic N) is 4. The average Bonchev–Trinajstić information content (AvgIpc) is 2.81. The summed E-state index contributed by atoms with van der Waals surface area (Å²) in [6.07, 6.45) is 5.26. The molecule has 160 valence electrons. The maximum absolute atomic E-state index is 13.0. The summed E-state index contributed by atoms with van der Waals surface area (Å²) in [5, 5.41) is 3.08. The first kappa shape index (κ1) is 20.6. The van der Waals surface area contributed by atoms with Gasteiger partial charge in [0.15, 0.2) is 0 Å². The molecule has 1 amide bonds. The third-order valence-electron chi connectivity index (χ3n) is 5.54. The summed E-state index contributed by atoms with van der Waals surface area (Å²) in [6.45, 7) is 6.34. The van der Waals surface area contributed by atoms with Crippen molar-refractivity contribution in [3.8, 4) is 5.75 Å². The highest BCUT2D eigenvalue weighted by Crippen LogP contribution is 2.26. The molecule has 0 spiro atoms. The standard InChI is InChI=1S/C22H29N5O3/c28-21(18-5-3-10-27(17-18)22-23-8-4-9-24-22)25-19-6-1-2-7-20(19)30-16-13-26-11-14-29-15-12-26/h1-2,4,6-9,18H,3,5,10-17H2,(H,25,28). The lowest BCUT2D eigenvalue weighted by molar-refractivity contribution is -0.120. The van der Waals surface area contributed by atoms with Crippen LogP contribution in [0.15, 0.2) is 42.7 Å². The van der Waals surface area contributed by atoms with Crippen LogP contribution in [-0.2, 0) is 9.53 Å². The highest BCUT2D eigenvalue weighted by molar-refractivity contribution is 5.94. The van der Waals surface area contributed by atoms with Gasteiger partial charge in [-0.3, -0.25) is 9.69 Å². The zero-order chi connectivity index (χ0) is 20.6. The average molecular weight is 412 g/mol. The van der Waals surface area contributed by atoms with E-state index in [-0.39, 0.29) is 11.8 Å². The number of aromatic nitrogens is 2. The van der Waals surface area contributed by atoms with Crippen LogP contribution in [0.2, 0.25) is 0 Å². The number of benzene rings is 1. The Morgan fingerprint density at radius 1 is 1.13 bits per heavy atom. The van der Waals surface area contributed by atoms with Crippen molar-refractivity contribution < 1.29 is 14.3 Å². The number of ether oxygens (including phenoxy) is 2. The van der Waals surface area contributed by atoms with Gasteiger partial charge in [-0.2, -0.15) is 0 Å². The molecule has 0 aliphatic carbocycles. The molecule has 30 heavy (non-hydrogen) atoms. The maximum atomic E-state index is 13.0. The second kappa shape index (κ2) is 10.4. The molecule has 0 saturated carbocycles. The zero-order valence-electron chi connectivity index (χ0n) is 17.2. The quantitative estimate of drug-likeness (QED) is 0.747. The van der Waals surface area contributed by atoms with Gasteiger partial charge >= 0.3 is 0 Å². The SMILES string of the molecule is O=C(Nc1ccccc1OCCN1CCOCC1)C1CCCN(c2ncccn2)C1. The Kier molecular flexibility index (Phi) is 7.10. The third-order valence-corrected chi connectivity index (χ3v) is 5.54. The molecule has 1 unspecified atom stereocenters. The molecule has 2 fully saturated rings. The molecular formula is C22H29N5O3. The van der Waals surface area contributed by atoms with Crippen LogP contribution in [0.3, 0.4) is 0 Å². The molecule has 2 aliphatic heterocycles. The third kappa shape index (κ3) is 5.46. The van der Waals surface area contributed by atoms with Gasteiger partial charge in [-0.25, -0.2) is 9.97 Å². The molecule has 8 heteroatoms. The lowest BCUT2D eigenvalue weighted by atomic mass is 9.97. The molecule has 4 rings (SSSR count). The van der Waals surface area contributed by atoms with E-state index in [0.717, 1.165) is 57.9 Å². The molecule has 0 bridgehead atoms.